The zero-order valence-corrected chi connectivity index (χ0v) is 12.0. The van der Waals surface area contributed by atoms with E-state index >= 15 is 0 Å². The third-order valence-corrected chi connectivity index (χ3v) is 2.83. The standard InChI is InChI=1S/C15H19NO4/c1-4-16(15(19)11(2)17)12(3)20-14(18)10-13-8-6-5-7-9-13/h5-9,12H,4,10H2,1-3H3. The molecule has 0 saturated heterocycles. The molecule has 0 bridgehead atoms. The predicted molar refractivity (Wildman–Crippen MR) is 73.8 cm³/mol. The summed E-state index contributed by atoms with van der Waals surface area (Å²) >= 11 is 0. The topological polar surface area (TPSA) is 63.7 Å². The average molecular weight is 277 g/mol. The summed E-state index contributed by atoms with van der Waals surface area (Å²) in [5.41, 5.74) is 0.839. The van der Waals surface area contributed by atoms with Crippen LogP contribution in [0.4, 0.5) is 0 Å². The summed E-state index contributed by atoms with van der Waals surface area (Å²) in [5, 5.41) is 0. The first-order valence-electron chi connectivity index (χ1n) is 6.50. The first-order chi connectivity index (χ1) is 9.45. The minimum atomic E-state index is -0.757. The summed E-state index contributed by atoms with van der Waals surface area (Å²) in [5.74, 6) is -1.65. The lowest BCUT2D eigenvalue weighted by Crippen LogP contribution is -2.44. The second kappa shape index (κ2) is 7.43. The van der Waals surface area contributed by atoms with Gasteiger partial charge in [0.05, 0.1) is 6.42 Å². The van der Waals surface area contributed by atoms with E-state index < -0.39 is 23.9 Å². The van der Waals surface area contributed by atoms with Crippen molar-refractivity contribution in [1.82, 2.24) is 4.90 Å². The van der Waals surface area contributed by atoms with Gasteiger partial charge in [-0.2, -0.15) is 0 Å². The number of likely N-dealkylation sites (N-methyl/N-ethyl adjacent to an activating group) is 1. The fourth-order valence-electron chi connectivity index (χ4n) is 1.83. The number of carbonyl (C=O) groups excluding carboxylic acids is 3. The Hall–Kier alpha value is -2.17. The van der Waals surface area contributed by atoms with E-state index in [0.29, 0.717) is 6.54 Å². The van der Waals surface area contributed by atoms with Crippen molar-refractivity contribution in [1.29, 1.82) is 0 Å². The molecule has 1 amide bonds. The number of Topliss-reactive ketones (excluding diaryl/α,β-unsaturated/α-hetero) is 1. The normalized spacial score (nSPS) is 11.6. The van der Waals surface area contributed by atoms with Gasteiger partial charge in [0.1, 0.15) is 0 Å². The molecule has 5 nitrogen and oxygen atoms in total. The van der Waals surface area contributed by atoms with Crippen LogP contribution in [0.1, 0.15) is 26.3 Å². The van der Waals surface area contributed by atoms with Crippen molar-refractivity contribution in [2.24, 2.45) is 0 Å². The van der Waals surface area contributed by atoms with Crippen LogP contribution in [-0.4, -0.2) is 35.3 Å². The van der Waals surface area contributed by atoms with Crippen LogP contribution in [0.3, 0.4) is 0 Å². The van der Waals surface area contributed by atoms with E-state index in [-0.39, 0.29) is 6.42 Å². The van der Waals surface area contributed by atoms with E-state index in [9.17, 15) is 14.4 Å². The minimum Gasteiger partial charge on any atom is -0.442 e. The number of rotatable bonds is 6. The van der Waals surface area contributed by atoms with Crippen LogP contribution < -0.4 is 0 Å². The Morgan fingerprint density at radius 2 is 1.80 bits per heavy atom. The number of carbonyl (C=O) groups is 3. The second-order valence-corrected chi connectivity index (χ2v) is 4.40. The zero-order chi connectivity index (χ0) is 15.1. The molecular weight excluding hydrogens is 258 g/mol. The Labute approximate surface area is 118 Å². The third-order valence-electron chi connectivity index (χ3n) is 2.83. The van der Waals surface area contributed by atoms with Crippen molar-refractivity contribution in [3.63, 3.8) is 0 Å². The van der Waals surface area contributed by atoms with Crippen molar-refractivity contribution in [2.45, 2.75) is 33.4 Å². The maximum atomic E-state index is 11.8. The molecule has 5 heteroatoms. The molecular formula is C15H19NO4. The first kappa shape index (κ1) is 15.9. The summed E-state index contributed by atoms with van der Waals surface area (Å²) in [6.45, 7) is 4.80. The molecule has 0 aliphatic rings. The largest absolute Gasteiger partial charge is 0.442 e. The molecule has 1 aromatic carbocycles. The van der Waals surface area contributed by atoms with Gasteiger partial charge < -0.3 is 9.64 Å². The van der Waals surface area contributed by atoms with E-state index in [4.69, 9.17) is 4.74 Å². The van der Waals surface area contributed by atoms with Crippen LogP contribution in [-0.2, 0) is 25.5 Å². The number of hydrogen-bond donors (Lipinski definition) is 0. The summed E-state index contributed by atoms with van der Waals surface area (Å²) in [6, 6.07) is 9.18. The zero-order valence-electron chi connectivity index (χ0n) is 12.0. The lowest BCUT2D eigenvalue weighted by molar-refractivity contribution is -0.164. The molecule has 0 aliphatic heterocycles. The lowest BCUT2D eigenvalue weighted by atomic mass is 10.2. The smallest absolute Gasteiger partial charge is 0.312 e. The quantitative estimate of drug-likeness (QED) is 0.449. The van der Waals surface area contributed by atoms with E-state index in [1.807, 2.05) is 30.3 Å². The molecule has 108 valence electrons. The van der Waals surface area contributed by atoms with Gasteiger partial charge in [-0.25, -0.2) is 0 Å². The molecule has 1 unspecified atom stereocenters. The van der Waals surface area contributed by atoms with Gasteiger partial charge in [-0.15, -0.1) is 0 Å². The highest BCUT2D eigenvalue weighted by Gasteiger charge is 2.24. The molecule has 0 saturated carbocycles. The van der Waals surface area contributed by atoms with Crippen LogP contribution in [0.2, 0.25) is 0 Å². The average Bonchev–Trinajstić information content (AvgIpc) is 2.40. The van der Waals surface area contributed by atoms with E-state index in [2.05, 4.69) is 0 Å². The molecule has 1 rings (SSSR count). The van der Waals surface area contributed by atoms with Gasteiger partial charge in [0.15, 0.2) is 6.23 Å². The van der Waals surface area contributed by atoms with Gasteiger partial charge in [0, 0.05) is 13.5 Å². The number of nitrogens with zero attached hydrogens (tertiary/aromatic N) is 1. The fourth-order valence-corrected chi connectivity index (χ4v) is 1.83. The maximum absolute atomic E-state index is 11.8. The summed E-state index contributed by atoms with van der Waals surface area (Å²) in [6.07, 6.45) is -0.621. The van der Waals surface area contributed by atoms with Crippen LogP contribution in [0.25, 0.3) is 0 Å². The number of esters is 1. The second-order valence-electron chi connectivity index (χ2n) is 4.40. The number of amides is 1. The van der Waals surface area contributed by atoms with Gasteiger partial charge in [0.25, 0.3) is 5.91 Å². The highest BCUT2D eigenvalue weighted by atomic mass is 16.6. The Kier molecular flexibility index (Phi) is 5.90. The highest BCUT2D eigenvalue weighted by molar-refractivity contribution is 6.35. The third kappa shape index (κ3) is 4.50. The van der Waals surface area contributed by atoms with Crippen molar-refractivity contribution < 1.29 is 19.1 Å². The number of benzene rings is 1. The Bertz CT molecular complexity index is 484. The molecule has 0 spiro atoms. The SMILES string of the molecule is CCN(C(=O)C(C)=O)C(C)OC(=O)Cc1ccccc1. The number of ketones is 1. The molecule has 20 heavy (non-hydrogen) atoms. The van der Waals surface area contributed by atoms with E-state index in [1.165, 1.54) is 11.8 Å². The van der Waals surface area contributed by atoms with E-state index in [0.717, 1.165) is 5.56 Å². The maximum Gasteiger partial charge on any atom is 0.312 e. The monoisotopic (exact) mass is 277 g/mol. The van der Waals surface area contributed by atoms with Crippen molar-refractivity contribution in [3.05, 3.63) is 35.9 Å². The highest BCUT2D eigenvalue weighted by Crippen LogP contribution is 2.06. The molecule has 0 aromatic heterocycles. The van der Waals surface area contributed by atoms with Crippen LogP contribution in [0.5, 0.6) is 0 Å². The summed E-state index contributed by atoms with van der Waals surface area (Å²) < 4.78 is 5.19. The van der Waals surface area contributed by atoms with Crippen LogP contribution in [0.15, 0.2) is 30.3 Å². The summed E-state index contributed by atoms with van der Waals surface area (Å²) in [4.78, 5) is 35.8. The van der Waals surface area contributed by atoms with Crippen molar-refractivity contribution in [2.75, 3.05) is 6.54 Å². The van der Waals surface area contributed by atoms with Crippen molar-refractivity contribution >= 4 is 17.7 Å². The number of ether oxygens (including phenoxy) is 1. The Balaban J connectivity index is 2.60. The van der Waals surface area contributed by atoms with Crippen molar-refractivity contribution in [3.8, 4) is 0 Å². The predicted octanol–water partition coefficient (Wildman–Crippen LogP) is 1.56. The summed E-state index contributed by atoms with van der Waals surface area (Å²) in [7, 11) is 0. The lowest BCUT2D eigenvalue weighted by Gasteiger charge is -2.26. The molecule has 0 heterocycles. The molecule has 1 atom stereocenters. The Morgan fingerprint density at radius 3 is 2.30 bits per heavy atom. The van der Waals surface area contributed by atoms with Gasteiger partial charge in [0.2, 0.25) is 5.78 Å². The van der Waals surface area contributed by atoms with Gasteiger partial charge in [-0.3, -0.25) is 14.4 Å². The molecule has 1 aromatic rings. The molecule has 0 radical (unpaired) electrons. The van der Waals surface area contributed by atoms with Gasteiger partial charge >= 0.3 is 5.97 Å². The molecule has 0 fully saturated rings. The first-order valence-corrected chi connectivity index (χ1v) is 6.50. The number of hydrogen-bond acceptors (Lipinski definition) is 4. The van der Waals surface area contributed by atoms with E-state index in [1.54, 1.807) is 13.8 Å². The molecule has 0 aliphatic carbocycles. The molecule has 0 N–H and O–H groups in total. The Morgan fingerprint density at radius 1 is 1.20 bits per heavy atom. The fraction of sp³-hybridized carbons (Fsp3) is 0.400. The van der Waals surface area contributed by atoms with Crippen LogP contribution in [0, 0.1) is 0 Å². The van der Waals surface area contributed by atoms with Gasteiger partial charge in [-0.1, -0.05) is 30.3 Å². The van der Waals surface area contributed by atoms with Crippen LogP contribution >= 0.6 is 0 Å². The minimum absolute atomic E-state index is 0.136. The van der Waals surface area contributed by atoms with Gasteiger partial charge in [-0.05, 0) is 19.4 Å².